The molecular formula is C33H43N3O8. The van der Waals surface area contributed by atoms with Crippen LogP contribution in [0.15, 0.2) is 58.7 Å². The Labute approximate surface area is 258 Å². The van der Waals surface area contributed by atoms with Crippen LogP contribution in [0.1, 0.15) is 77.7 Å². The number of esters is 2. The summed E-state index contributed by atoms with van der Waals surface area (Å²) >= 11 is 0. The third kappa shape index (κ3) is 8.58. The summed E-state index contributed by atoms with van der Waals surface area (Å²) in [5.74, 6) is -3.19. The molecule has 11 nitrogen and oxygen atoms in total. The molecule has 0 saturated heterocycles. The van der Waals surface area contributed by atoms with Gasteiger partial charge in [-0.2, -0.15) is 0 Å². The van der Waals surface area contributed by atoms with E-state index in [2.05, 4.69) is 11.9 Å². The van der Waals surface area contributed by atoms with Crippen molar-refractivity contribution in [2.75, 3.05) is 31.2 Å². The van der Waals surface area contributed by atoms with E-state index in [-0.39, 0.29) is 36.0 Å². The van der Waals surface area contributed by atoms with Gasteiger partial charge in [-0.25, -0.2) is 4.79 Å². The highest BCUT2D eigenvalue weighted by molar-refractivity contribution is 6.07. The number of carbonyl (C=O) groups excluding carboxylic acids is 2. The van der Waals surface area contributed by atoms with Crippen molar-refractivity contribution in [1.29, 1.82) is 0 Å². The van der Waals surface area contributed by atoms with Gasteiger partial charge in [0, 0.05) is 42.5 Å². The van der Waals surface area contributed by atoms with Crippen LogP contribution in [0, 0.1) is 16.0 Å². The SMILES string of the molecule is CCCOC(=O)C1C(C)=NC(C)=C(C(=O)OCCCCCCN(CCC)c2cccc(O)c2O)C1c1cccc([N+](=O)[O-])c1. The number of aliphatic imine (C=N–C) groups is 1. The summed E-state index contributed by atoms with van der Waals surface area (Å²) in [6.07, 6.45) is 4.64. The fourth-order valence-corrected chi connectivity index (χ4v) is 5.49. The minimum Gasteiger partial charge on any atom is -0.504 e. The van der Waals surface area contributed by atoms with Gasteiger partial charge < -0.3 is 24.6 Å². The first kappa shape index (κ1) is 34.1. The molecule has 2 atom stereocenters. The van der Waals surface area contributed by atoms with Crippen molar-refractivity contribution >= 4 is 29.0 Å². The summed E-state index contributed by atoms with van der Waals surface area (Å²) in [5.41, 5.74) is 1.95. The Balaban J connectivity index is 1.66. The highest BCUT2D eigenvalue weighted by Crippen LogP contribution is 2.41. The number of nitro benzene ring substituents is 1. The molecule has 0 spiro atoms. The lowest BCUT2D eigenvalue weighted by atomic mass is 9.75. The molecule has 44 heavy (non-hydrogen) atoms. The number of nitro groups is 1. The number of non-ortho nitro benzene ring substituents is 1. The molecular weight excluding hydrogens is 566 g/mol. The number of aromatic hydroxyl groups is 2. The van der Waals surface area contributed by atoms with Gasteiger partial charge in [0.25, 0.3) is 5.69 Å². The van der Waals surface area contributed by atoms with Crippen LogP contribution < -0.4 is 4.90 Å². The minimum absolute atomic E-state index is 0.121. The Bertz CT molecular complexity index is 1390. The van der Waals surface area contributed by atoms with Crippen LogP contribution >= 0.6 is 0 Å². The molecule has 0 radical (unpaired) electrons. The fraction of sp³-hybridized carbons (Fsp3) is 0.485. The van der Waals surface area contributed by atoms with Crippen LogP contribution in [0.3, 0.4) is 0 Å². The molecule has 0 fully saturated rings. The second-order valence-electron chi connectivity index (χ2n) is 10.9. The summed E-state index contributed by atoms with van der Waals surface area (Å²) in [6.45, 7) is 9.10. The van der Waals surface area contributed by atoms with E-state index in [1.807, 2.05) is 11.8 Å². The van der Waals surface area contributed by atoms with Gasteiger partial charge in [0.2, 0.25) is 0 Å². The summed E-state index contributed by atoms with van der Waals surface area (Å²) in [6, 6.07) is 10.9. The fourth-order valence-electron chi connectivity index (χ4n) is 5.49. The van der Waals surface area contributed by atoms with Gasteiger partial charge in [0.05, 0.1) is 29.4 Å². The summed E-state index contributed by atoms with van der Waals surface area (Å²) in [7, 11) is 0. The number of para-hydroxylation sites is 1. The third-order valence-corrected chi connectivity index (χ3v) is 7.57. The number of anilines is 1. The molecule has 0 saturated carbocycles. The number of hydrogen-bond donors (Lipinski definition) is 2. The normalized spacial score (nSPS) is 16.3. The quantitative estimate of drug-likeness (QED) is 0.0721. The van der Waals surface area contributed by atoms with Gasteiger partial charge >= 0.3 is 11.9 Å². The van der Waals surface area contributed by atoms with Crippen LogP contribution in [0.4, 0.5) is 11.4 Å². The molecule has 238 valence electrons. The van der Waals surface area contributed by atoms with Crippen LogP contribution in [-0.4, -0.2) is 59.1 Å². The molecule has 11 heteroatoms. The number of hydrogen-bond acceptors (Lipinski definition) is 10. The Kier molecular flexibility index (Phi) is 12.7. The number of allylic oxidation sites excluding steroid dienone is 1. The number of unbranched alkanes of at least 4 members (excludes halogenated alkanes) is 3. The summed E-state index contributed by atoms with van der Waals surface area (Å²) in [4.78, 5) is 44.2. The molecule has 0 bridgehead atoms. The number of nitrogens with zero attached hydrogens (tertiary/aromatic N) is 3. The lowest BCUT2D eigenvalue weighted by molar-refractivity contribution is -0.384. The van der Waals surface area contributed by atoms with Crippen LogP contribution in [-0.2, 0) is 19.1 Å². The highest BCUT2D eigenvalue weighted by atomic mass is 16.6. The maximum absolute atomic E-state index is 13.5. The van der Waals surface area contributed by atoms with E-state index in [4.69, 9.17) is 9.47 Å². The van der Waals surface area contributed by atoms with Crippen LogP contribution in [0.25, 0.3) is 0 Å². The van der Waals surface area contributed by atoms with E-state index >= 15 is 0 Å². The van der Waals surface area contributed by atoms with Gasteiger partial charge in [-0.1, -0.05) is 38.5 Å². The molecule has 0 aliphatic carbocycles. The van der Waals surface area contributed by atoms with Crippen LogP contribution in [0.5, 0.6) is 11.5 Å². The largest absolute Gasteiger partial charge is 0.504 e. The zero-order chi connectivity index (χ0) is 32.2. The standard InChI is InChI=1S/C33H43N3O8/c1-5-17-35(26-15-12-16-27(37)31(26)38)18-9-7-8-10-20-44-33(40)29-23(4)34-22(3)28(32(39)43-19-6-2)30(29)24-13-11-14-25(21-24)36(41)42/h11-16,21,28,30,37-38H,5-10,17-20H2,1-4H3. The molecule has 2 aromatic rings. The maximum Gasteiger partial charge on any atom is 0.336 e. The molecule has 2 aromatic carbocycles. The van der Waals surface area contributed by atoms with Gasteiger partial charge in [0.1, 0.15) is 5.92 Å². The first-order valence-corrected chi connectivity index (χ1v) is 15.2. The molecule has 3 rings (SSSR count). The first-order valence-electron chi connectivity index (χ1n) is 15.2. The van der Waals surface area contributed by atoms with E-state index in [1.165, 1.54) is 24.3 Å². The molecule has 0 aromatic heterocycles. The number of phenols is 2. The zero-order valence-electron chi connectivity index (χ0n) is 26.0. The Morgan fingerprint density at radius 3 is 2.39 bits per heavy atom. The Morgan fingerprint density at radius 1 is 0.955 bits per heavy atom. The minimum atomic E-state index is -0.924. The number of rotatable bonds is 16. The van der Waals surface area contributed by atoms with E-state index in [1.54, 1.807) is 32.0 Å². The number of phenolic OH excluding ortho intramolecular Hbond substituents is 2. The average molecular weight is 610 g/mol. The van der Waals surface area contributed by atoms with E-state index < -0.39 is 28.7 Å². The van der Waals surface area contributed by atoms with Crippen molar-refractivity contribution in [3.63, 3.8) is 0 Å². The average Bonchev–Trinajstić information content (AvgIpc) is 2.99. The Morgan fingerprint density at radius 2 is 1.68 bits per heavy atom. The predicted octanol–water partition coefficient (Wildman–Crippen LogP) is 6.43. The molecule has 2 unspecified atom stereocenters. The Hall–Kier alpha value is -4.41. The molecule has 2 N–H and O–H groups in total. The number of benzene rings is 2. The number of carbonyl (C=O) groups is 2. The first-order chi connectivity index (χ1) is 21.1. The van der Waals surface area contributed by atoms with Crippen molar-refractivity contribution in [1.82, 2.24) is 0 Å². The smallest absolute Gasteiger partial charge is 0.336 e. The highest BCUT2D eigenvalue weighted by Gasteiger charge is 2.42. The van der Waals surface area contributed by atoms with Gasteiger partial charge in [0.15, 0.2) is 11.5 Å². The van der Waals surface area contributed by atoms with Gasteiger partial charge in [-0.05, 0) is 63.6 Å². The van der Waals surface area contributed by atoms with E-state index in [0.717, 1.165) is 32.2 Å². The van der Waals surface area contributed by atoms with Crippen molar-refractivity contribution < 1.29 is 34.2 Å². The third-order valence-electron chi connectivity index (χ3n) is 7.57. The van der Waals surface area contributed by atoms with Crippen molar-refractivity contribution in [2.45, 2.75) is 72.1 Å². The summed E-state index contributed by atoms with van der Waals surface area (Å²) in [5, 5.41) is 31.7. The van der Waals surface area contributed by atoms with E-state index in [0.29, 0.717) is 42.0 Å². The molecule has 1 aliphatic rings. The van der Waals surface area contributed by atoms with Crippen LogP contribution in [0.2, 0.25) is 0 Å². The van der Waals surface area contributed by atoms with Crippen molar-refractivity contribution in [2.24, 2.45) is 10.9 Å². The van der Waals surface area contributed by atoms with E-state index in [9.17, 15) is 29.9 Å². The second kappa shape index (κ2) is 16.4. The lowest BCUT2D eigenvalue weighted by Crippen LogP contribution is -2.36. The van der Waals surface area contributed by atoms with Gasteiger partial charge in [-0.3, -0.25) is 19.9 Å². The monoisotopic (exact) mass is 609 g/mol. The van der Waals surface area contributed by atoms with Crippen molar-refractivity contribution in [3.8, 4) is 11.5 Å². The molecule has 0 amide bonds. The molecule has 1 aliphatic heterocycles. The topological polar surface area (TPSA) is 152 Å². The second-order valence-corrected chi connectivity index (χ2v) is 10.9. The van der Waals surface area contributed by atoms with Gasteiger partial charge in [-0.15, -0.1) is 0 Å². The predicted molar refractivity (Wildman–Crippen MR) is 168 cm³/mol. The maximum atomic E-state index is 13.5. The summed E-state index contributed by atoms with van der Waals surface area (Å²) < 4.78 is 11.1. The van der Waals surface area contributed by atoms with Crippen molar-refractivity contribution in [3.05, 3.63) is 69.4 Å². The lowest BCUT2D eigenvalue weighted by Gasteiger charge is -2.31. The zero-order valence-corrected chi connectivity index (χ0v) is 26.0. The molecule has 1 heterocycles. The number of ether oxygens (including phenoxy) is 2.